The van der Waals surface area contributed by atoms with Gasteiger partial charge < -0.3 is 10.0 Å². The molecule has 3 aromatic rings. The molecule has 0 radical (unpaired) electrons. The van der Waals surface area contributed by atoms with E-state index in [1.54, 1.807) is 31.1 Å². The lowest BCUT2D eigenvalue weighted by molar-refractivity contribution is -0.137. The van der Waals surface area contributed by atoms with E-state index < -0.39 is 23.9 Å². The molecule has 1 aromatic carbocycles. The van der Waals surface area contributed by atoms with Gasteiger partial charge in [0.15, 0.2) is 0 Å². The molecule has 1 N–H and O–H groups in total. The van der Waals surface area contributed by atoms with Gasteiger partial charge in [0.1, 0.15) is 17.9 Å². The van der Waals surface area contributed by atoms with Crippen molar-refractivity contribution in [1.82, 2.24) is 14.2 Å². The molecule has 0 unspecified atom stereocenters. The molecule has 3 rings (SSSR count). The Balaban J connectivity index is 2.47. The first kappa shape index (κ1) is 14.1. The van der Waals surface area contributed by atoms with Crippen LogP contribution in [0.1, 0.15) is 0 Å². The average molecular weight is 304 g/mol. The minimum absolute atomic E-state index is 0.251. The molecule has 0 atom stereocenters. The summed E-state index contributed by atoms with van der Waals surface area (Å²) >= 11 is 0. The number of hydrogen-bond donors (Lipinski definition) is 1. The number of hydrogen-bond acceptors (Lipinski definition) is 4. The van der Waals surface area contributed by atoms with E-state index >= 15 is 0 Å². The van der Waals surface area contributed by atoms with Crippen molar-refractivity contribution in [3.05, 3.63) is 40.4 Å². The summed E-state index contributed by atoms with van der Waals surface area (Å²) in [4.78, 5) is 24.9. The molecular formula is C14H13FN4O3. The number of rotatable bonds is 3. The third kappa shape index (κ3) is 2.09. The van der Waals surface area contributed by atoms with Crippen molar-refractivity contribution in [2.45, 2.75) is 6.54 Å². The number of fused-ring (bicyclic) bond motifs is 3. The number of carboxylic acids is 1. The van der Waals surface area contributed by atoms with Gasteiger partial charge >= 0.3 is 5.97 Å². The number of anilines is 1. The maximum atomic E-state index is 13.5. The molecule has 2 aromatic heterocycles. The Bertz CT molecular complexity index is 958. The van der Waals surface area contributed by atoms with Crippen molar-refractivity contribution in [3.8, 4) is 0 Å². The van der Waals surface area contributed by atoms with Gasteiger partial charge in [0.2, 0.25) is 5.95 Å². The van der Waals surface area contributed by atoms with E-state index in [0.717, 1.165) is 4.68 Å². The maximum absolute atomic E-state index is 13.5. The smallest absolute Gasteiger partial charge is 0.325 e. The third-order valence-corrected chi connectivity index (χ3v) is 3.32. The van der Waals surface area contributed by atoms with Gasteiger partial charge in [-0.1, -0.05) is 0 Å². The molecule has 0 bridgehead atoms. The molecule has 8 heteroatoms. The van der Waals surface area contributed by atoms with Gasteiger partial charge in [-0.25, -0.2) is 9.07 Å². The molecule has 114 valence electrons. The average Bonchev–Trinajstić information content (AvgIpc) is 2.80. The van der Waals surface area contributed by atoms with Crippen LogP contribution in [0.5, 0.6) is 0 Å². The largest absolute Gasteiger partial charge is 0.480 e. The van der Waals surface area contributed by atoms with Crippen molar-refractivity contribution < 1.29 is 14.3 Å². The maximum Gasteiger partial charge on any atom is 0.325 e. The molecule has 0 aliphatic rings. The lowest BCUT2D eigenvalue weighted by Crippen LogP contribution is -2.31. The highest BCUT2D eigenvalue weighted by atomic mass is 19.1. The molecule has 0 aliphatic carbocycles. The van der Waals surface area contributed by atoms with Crippen molar-refractivity contribution in [2.24, 2.45) is 0 Å². The highest BCUT2D eigenvalue weighted by Gasteiger charge is 2.17. The Labute approximate surface area is 123 Å². The first-order valence-corrected chi connectivity index (χ1v) is 6.49. The van der Waals surface area contributed by atoms with E-state index in [9.17, 15) is 14.0 Å². The topological polar surface area (TPSA) is 79.8 Å². The van der Waals surface area contributed by atoms with E-state index in [1.807, 2.05) is 0 Å². The summed E-state index contributed by atoms with van der Waals surface area (Å²) in [5.41, 5.74) is 0.218. The minimum atomic E-state index is -1.16. The Hall–Kier alpha value is -2.90. The standard InChI is InChI=1S/C14H13FN4O3/c1-17(2)14-16-18(7-12(20)21)13(22)11-5-8-3-4-9(15)6-10(8)19(11)14/h3-6H,7H2,1-2H3,(H,20,21). The Kier molecular flexibility index (Phi) is 3.09. The van der Waals surface area contributed by atoms with Gasteiger partial charge in [0.05, 0.1) is 5.52 Å². The monoisotopic (exact) mass is 304 g/mol. The molecule has 22 heavy (non-hydrogen) atoms. The molecule has 0 saturated carbocycles. The number of carboxylic acid groups (broad SMARTS) is 1. The quantitative estimate of drug-likeness (QED) is 0.779. The molecule has 0 saturated heterocycles. The normalized spacial score (nSPS) is 11.2. The molecule has 0 aliphatic heterocycles. The van der Waals surface area contributed by atoms with Crippen LogP contribution < -0.4 is 10.5 Å². The van der Waals surface area contributed by atoms with E-state index in [0.29, 0.717) is 16.9 Å². The Morgan fingerprint density at radius 2 is 2.05 bits per heavy atom. The highest BCUT2D eigenvalue weighted by molar-refractivity contribution is 5.88. The van der Waals surface area contributed by atoms with Crippen LogP contribution in [0, 0.1) is 5.82 Å². The van der Waals surface area contributed by atoms with Gasteiger partial charge in [-0.2, -0.15) is 0 Å². The van der Waals surface area contributed by atoms with Gasteiger partial charge in [-0.3, -0.25) is 14.0 Å². The van der Waals surface area contributed by atoms with Crippen molar-refractivity contribution in [3.63, 3.8) is 0 Å². The van der Waals surface area contributed by atoms with Crippen LogP contribution in [-0.4, -0.2) is 39.4 Å². The molecule has 0 fully saturated rings. The molecule has 7 nitrogen and oxygen atoms in total. The fourth-order valence-corrected chi connectivity index (χ4v) is 2.40. The molecule has 0 amide bonds. The van der Waals surface area contributed by atoms with Gasteiger partial charge in [-0.05, 0) is 24.3 Å². The molecular weight excluding hydrogens is 291 g/mol. The zero-order valence-corrected chi connectivity index (χ0v) is 11.9. The summed E-state index contributed by atoms with van der Waals surface area (Å²) in [5, 5.41) is 13.7. The van der Waals surface area contributed by atoms with E-state index in [2.05, 4.69) is 5.10 Å². The van der Waals surface area contributed by atoms with E-state index in [-0.39, 0.29) is 5.52 Å². The summed E-state index contributed by atoms with van der Waals surface area (Å²) in [6.07, 6.45) is 0. The Morgan fingerprint density at radius 1 is 1.32 bits per heavy atom. The second-order valence-corrected chi connectivity index (χ2v) is 5.12. The van der Waals surface area contributed by atoms with Crippen LogP contribution >= 0.6 is 0 Å². The van der Waals surface area contributed by atoms with Gasteiger partial charge in [-0.15, -0.1) is 5.10 Å². The zero-order chi connectivity index (χ0) is 16.0. The third-order valence-electron chi connectivity index (χ3n) is 3.32. The number of aliphatic carboxylic acids is 1. The van der Waals surface area contributed by atoms with Crippen LogP contribution in [0.2, 0.25) is 0 Å². The summed E-state index contributed by atoms with van der Waals surface area (Å²) < 4.78 is 15.9. The fraction of sp³-hybridized carbons (Fsp3) is 0.214. The number of aromatic nitrogens is 3. The lowest BCUT2D eigenvalue weighted by Gasteiger charge is -2.15. The second-order valence-electron chi connectivity index (χ2n) is 5.12. The predicted molar refractivity (Wildman–Crippen MR) is 78.9 cm³/mol. The lowest BCUT2D eigenvalue weighted by atomic mass is 10.2. The molecule has 0 spiro atoms. The number of halogens is 1. The summed E-state index contributed by atoms with van der Waals surface area (Å²) in [6.45, 7) is -0.536. The van der Waals surface area contributed by atoms with Crippen molar-refractivity contribution in [1.29, 1.82) is 0 Å². The van der Waals surface area contributed by atoms with Crippen molar-refractivity contribution >= 4 is 28.3 Å². The van der Waals surface area contributed by atoms with Crippen LogP contribution in [0.3, 0.4) is 0 Å². The van der Waals surface area contributed by atoms with Gasteiger partial charge in [0, 0.05) is 19.5 Å². The predicted octanol–water partition coefficient (Wildman–Crippen LogP) is 0.939. The second kappa shape index (κ2) is 4.83. The van der Waals surface area contributed by atoms with Crippen LogP contribution in [0.25, 0.3) is 16.4 Å². The first-order chi connectivity index (χ1) is 10.4. The van der Waals surface area contributed by atoms with Crippen LogP contribution in [0.15, 0.2) is 29.1 Å². The number of carbonyl (C=O) groups is 1. The van der Waals surface area contributed by atoms with Crippen LogP contribution in [-0.2, 0) is 11.3 Å². The fourth-order valence-electron chi connectivity index (χ4n) is 2.40. The summed E-state index contributed by atoms with van der Waals surface area (Å²) in [5.74, 6) is -1.24. The zero-order valence-electron chi connectivity index (χ0n) is 11.9. The van der Waals surface area contributed by atoms with Crippen molar-refractivity contribution in [2.75, 3.05) is 19.0 Å². The summed E-state index contributed by atoms with van der Waals surface area (Å²) in [6, 6.07) is 5.79. The number of nitrogens with zero attached hydrogens (tertiary/aromatic N) is 4. The highest BCUT2D eigenvalue weighted by Crippen LogP contribution is 2.23. The Morgan fingerprint density at radius 3 is 2.68 bits per heavy atom. The van der Waals surface area contributed by atoms with E-state index in [4.69, 9.17) is 5.11 Å². The molecule has 2 heterocycles. The first-order valence-electron chi connectivity index (χ1n) is 6.49. The summed E-state index contributed by atoms with van der Waals surface area (Å²) in [7, 11) is 3.42. The van der Waals surface area contributed by atoms with Crippen LogP contribution in [0.4, 0.5) is 10.3 Å². The minimum Gasteiger partial charge on any atom is -0.480 e. The van der Waals surface area contributed by atoms with E-state index in [1.165, 1.54) is 16.5 Å². The number of benzene rings is 1. The SMILES string of the molecule is CN(C)c1nn(CC(=O)O)c(=O)c2cc3ccc(F)cc3n12. The van der Waals surface area contributed by atoms with Gasteiger partial charge in [0.25, 0.3) is 5.56 Å².